The highest BCUT2D eigenvalue weighted by Crippen LogP contribution is 2.34. The molecule has 0 saturated heterocycles. The first kappa shape index (κ1) is 12.5. The molecule has 2 aromatic rings. The Morgan fingerprint density at radius 1 is 1.20 bits per heavy atom. The van der Waals surface area contributed by atoms with E-state index in [1.165, 1.54) is 12.1 Å². The SMILES string of the molecule is Nc1cccc2c1N(C(=O)Nc1ccccc1F)CC2. The van der Waals surface area contributed by atoms with Crippen LogP contribution < -0.4 is 16.0 Å². The van der Waals surface area contributed by atoms with Crippen LogP contribution in [0.15, 0.2) is 42.5 Å². The Kier molecular flexibility index (Phi) is 3.02. The first-order valence-electron chi connectivity index (χ1n) is 6.37. The Morgan fingerprint density at radius 3 is 2.80 bits per heavy atom. The van der Waals surface area contributed by atoms with Crippen LogP contribution in [0, 0.1) is 5.82 Å². The normalized spacial score (nSPS) is 13.2. The monoisotopic (exact) mass is 271 g/mol. The van der Waals surface area contributed by atoms with Gasteiger partial charge < -0.3 is 11.1 Å². The molecular formula is C15H14FN3O. The minimum atomic E-state index is -0.457. The highest BCUT2D eigenvalue weighted by molar-refractivity contribution is 6.05. The first-order valence-corrected chi connectivity index (χ1v) is 6.37. The minimum Gasteiger partial charge on any atom is -0.397 e. The third kappa shape index (κ3) is 2.07. The average molecular weight is 271 g/mol. The van der Waals surface area contributed by atoms with Gasteiger partial charge in [-0.05, 0) is 30.2 Å². The van der Waals surface area contributed by atoms with Crippen LogP contribution in [-0.4, -0.2) is 12.6 Å². The number of rotatable bonds is 1. The van der Waals surface area contributed by atoms with Crippen molar-refractivity contribution in [2.45, 2.75) is 6.42 Å². The highest BCUT2D eigenvalue weighted by Gasteiger charge is 2.26. The molecule has 2 amide bonds. The van der Waals surface area contributed by atoms with Gasteiger partial charge in [0.1, 0.15) is 5.82 Å². The Balaban J connectivity index is 1.86. The van der Waals surface area contributed by atoms with Crippen molar-refractivity contribution in [2.75, 3.05) is 22.5 Å². The zero-order chi connectivity index (χ0) is 14.1. The van der Waals surface area contributed by atoms with Crippen LogP contribution in [0.1, 0.15) is 5.56 Å². The number of anilines is 3. The number of hydrogen-bond acceptors (Lipinski definition) is 2. The summed E-state index contributed by atoms with van der Waals surface area (Å²) in [6, 6.07) is 11.3. The molecule has 20 heavy (non-hydrogen) atoms. The van der Waals surface area contributed by atoms with Gasteiger partial charge in [0.05, 0.1) is 17.1 Å². The molecule has 1 aliphatic heterocycles. The summed E-state index contributed by atoms with van der Waals surface area (Å²) in [5, 5.41) is 2.58. The maximum absolute atomic E-state index is 13.6. The number of nitrogens with zero attached hydrogens (tertiary/aromatic N) is 1. The number of nitrogens with one attached hydrogen (secondary N) is 1. The van der Waals surface area contributed by atoms with Crippen LogP contribution >= 0.6 is 0 Å². The zero-order valence-electron chi connectivity index (χ0n) is 10.8. The van der Waals surface area contributed by atoms with Gasteiger partial charge in [-0.1, -0.05) is 24.3 Å². The lowest BCUT2D eigenvalue weighted by Gasteiger charge is -2.19. The van der Waals surface area contributed by atoms with Crippen LogP contribution in [0.3, 0.4) is 0 Å². The maximum atomic E-state index is 13.6. The zero-order valence-corrected chi connectivity index (χ0v) is 10.8. The molecular weight excluding hydrogens is 257 g/mol. The maximum Gasteiger partial charge on any atom is 0.326 e. The van der Waals surface area contributed by atoms with E-state index in [4.69, 9.17) is 5.73 Å². The van der Waals surface area contributed by atoms with Gasteiger partial charge in [0, 0.05) is 6.54 Å². The van der Waals surface area contributed by atoms with Crippen LogP contribution in [0.25, 0.3) is 0 Å². The smallest absolute Gasteiger partial charge is 0.326 e. The van der Waals surface area contributed by atoms with Crippen molar-refractivity contribution < 1.29 is 9.18 Å². The summed E-state index contributed by atoms with van der Waals surface area (Å²) in [6.45, 7) is 0.545. The molecule has 0 fully saturated rings. The third-order valence-corrected chi connectivity index (χ3v) is 3.39. The Hall–Kier alpha value is -2.56. The van der Waals surface area contributed by atoms with Gasteiger partial charge in [-0.3, -0.25) is 4.90 Å². The summed E-state index contributed by atoms with van der Waals surface area (Å²) in [5.41, 5.74) is 8.41. The molecule has 0 aliphatic carbocycles. The van der Waals surface area contributed by atoms with Crippen molar-refractivity contribution in [3.8, 4) is 0 Å². The summed E-state index contributed by atoms with van der Waals surface area (Å²) in [4.78, 5) is 13.8. The molecule has 0 spiro atoms. The van der Waals surface area contributed by atoms with Crippen LogP contribution in [-0.2, 0) is 6.42 Å². The highest BCUT2D eigenvalue weighted by atomic mass is 19.1. The Labute approximate surface area is 116 Å². The molecule has 2 aromatic carbocycles. The second-order valence-corrected chi connectivity index (χ2v) is 4.67. The van der Waals surface area contributed by atoms with E-state index in [2.05, 4.69) is 5.32 Å². The largest absolute Gasteiger partial charge is 0.397 e. The Bertz CT molecular complexity index is 672. The molecule has 1 aliphatic rings. The molecule has 0 atom stereocenters. The number of benzene rings is 2. The second kappa shape index (κ2) is 4.85. The van der Waals surface area contributed by atoms with E-state index in [9.17, 15) is 9.18 Å². The molecule has 0 aromatic heterocycles. The molecule has 0 radical (unpaired) electrons. The molecule has 0 unspecified atom stereocenters. The van der Waals surface area contributed by atoms with Crippen LogP contribution in [0.2, 0.25) is 0 Å². The lowest BCUT2D eigenvalue weighted by molar-refractivity contribution is 0.257. The van der Waals surface area contributed by atoms with E-state index in [-0.39, 0.29) is 11.7 Å². The molecule has 3 rings (SSSR count). The molecule has 102 valence electrons. The van der Waals surface area contributed by atoms with Gasteiger partial charge in [-0.2, -0.15) is 0 Å². The van der Waals surface area contributed by atoms with Crippen molar-refractivity contribution in [1.82, 2.24) is 0 Å². The number of carbonyl (C=O) groups excluding carboxylic acids is 1. The number of carbonyl (C=O) groups is 1. The molecule has 4 nitrogen and oxygen atoms in total. The van der Waals surface area contributed by atoms with Gasteiger partial charge in [0.2, 0.25) is 0 Å². The molecule has 0 saturated carbocycles. The van der Waals surface area contributed by atoms with Crippen molar-refractivity contribution >= 4 is 23.1 Å². The average Bonchev–Trinajstić information content (AvgIpc) is 2.87. The van der Waals surface area contributed by atoms with Gasteiger partial charge in [-0.25, -0.2) is 9.18 Å². The van der Waals surface area contributed by atoms with Crippen molar-refractivity contribution in [3.05, 3.63) is 53.8 Å². The van der Waals surface area contributed by atoms with Gasteiger partial charge >= 0.3 is 6.03 Å². The number of nitrogens with two attached hydrogens (primary N) is 1. The topological polar surface area (TPSA) is 58.4 Å². The molecule has 5 heteroatoms. The summed E-state index contributed by atoms with van der Waals surface area (Å²) in [5.74, 6) is -0.457. The van der Waals surface area contributed by atoms with Crippen LogP contribution in [0.5, 0.6) is 0 Å². The van der Waals surface area contributed by atoms with E-state index >= 15 is 0 Å². The number of nitrogen functional groups attached to an aromatic ring is 1. The predicted octanol–water partition coefficient (Wildman–Crippen LogP) is 3.00. The fraction of sp³-hybridized carbons (Fsp3) is 0.133. The van der Waals surface area contributed by atoms with Gasteiger partial charge in [-0.15, -0.1) is 0 Å². The quantitative estimate of drug-likeness (QED) is 0.783. The predicted molar refractivity (Wildman–Crippen MR) is 77.3 cm³/mol. The second-order valence-electron chi connectivity index (χ2n) is 4.67. The summed E-state index contributed by atoms with van der Waals surface area (Å²) in [7, 11) is 0. The van der Waals surface area contributed by atoms with E-state index in [1.54, 1.807) is 23.1 Å². The molecule has 0 bridgehead atoms. The van der Waals surface area contributed by atoms with Crippen molar-refractivity contribution in [3.63, 3.8) is 0 Å². The van der Waals surface area contributed by atoms with E-state index in [0.29, 0.717) is 12.2 Å². The molecule has 1 heterocycles. The summed E-state index contributed by atoms with van der Waals surface area (Å²) >= 11 is 0. The lowest BCUT2D eigenvalue weighted by Crippen LogP contribution is -2.34. The van der Waals surface area contributed by atoms with Crippen molar-refractivity contribution in [1.29, 1.82) is 0 Å². The Morgan fingerprint density at radius 2 is 2.00 bits per heavy atom. The summed E-state index contributed by atoms with van der Waals surface area (Å²) in [6.07, 6.45) is 0.755. The first-order chi connectivity index (χ1) is 9.66. The molecule has 3 N–H and O–H groups in total. The number of hydrogen-bond donors (Lipinski definition) is 2. The standard InChI is InChI=1S/C15H14FN3O/c16-11-5-1-2-7-13(11)18-15(20)19-9-8-10-4-3-6-12(17)14(10)19/h1-7H,8-9,17H2,(H,18,20). The number of amides is 2. The third-order valence-electron chi connectivity index (χ3n) is 3.39. The van der Waals surface area contributed by atoms with Gasteiger partial charge in [0.15, 0.2) is 0 Å². The lowest BCUT2D eigenvalue weighted by atomic mass is 10.1. The van der Waals surface area contributed by atoms with E-state index < -0.39 is 5.82 Å². The fourth-order valence-corrected chi connectivity index (χ4v) is 2.43. The van der Waals surface area contributed by atoms with Crippen molar-refractivity contribution in [2.24, 2.45) is 0 Å². The van der Waals surface area contributed by atoms with E-state index in [1.807, 2.05) is 12.1 Å². The minimum absolute atomic E-state index is 0.167. The fourth-order valence-electron chi connectivity index (χ4n) is 2.43. The number of halogens is 1. The van der Waals surface area contributed by atoms with E-state index in [0.717, 1.165) is 17.7 Å². The number of urea groups is 1. The van der Waals surface area contributed by atoms with Crippen LogP contribution in [0.4, 0.5) is 26.2 Å². The summed E-state index contributed by atoms with van der Waals surface area (Å²) < 4.78 is 13.6. The number of fused-ring (bicyclic) bond motifs is 1. The van der Waals surface area contributed by atoms with Gasteiger partial charge in [0.25, 0.3) is 0 Å². The number of para-hydroxylation sites is 2.